The molecule has 82 valence electrons. The zero-order valence-corrected chi connectivity index (χ0v) is 10.2. The third-order valence-electron chi connectivity index (χ3n) is 2.58. The van der Waals surface area contributed by atoms with Crippen LogP contribution in [0.3, 0.4) is 0 Å². The number of pyridine rings is 1. The topological polar surface area (TPSA) is 24.9 Å². The summed E-state index contributed by atoms with van der Waals surface area (Å²) in [4.78, 5) is 4.49. The van der Waals surface area contributed by atoms with Crippen LogP contribution < -0.4 is 5.32 Å². The van der Waals surface area contributed by atoms with Crippen molar-refractivity contribution in [3.8, 4) is 0 Å². The minimum absolute atomic E-state index is 0.528. The molecule has 0 bridgehead atoms. The highest BCUT2D eigenvalue weighted by Gasteiger charge is 2.20. The summed E-state index contributed by atoms with van der Waals surface area (Å²) >= 11 is 1.86. The molecule has 0 aliphatic carbocycles. The lowest BCUT2D eigenvalue weighted by Gasteiger charge is -2.15. The summed E-state index contributed by atoms with van der Waals surface area (Å²) in [6.07, 6.45) is 4.42. The van der Waals surface area contributed by atoms with Crippen LogP contribution in [0.1, 0.15) is 38.3 Å². The molecule has 1 N–H and O–H groups in total. The van der Waals surface area contributed by atoms with Crippen LogP contribution in [-0.4, -0.2) is 16.8 Å². The Balaban J connectivity index is 2.20. The normalized spacial score (nSPS) is 21.1. The van der Waals surface area contributed by atoms with Crippen molar-refractivity contribution >= 4 is 11.8 Å². The van der Waals surface area contributed by atoms with Gasteiger partial charge in [-0.1, -0.05) is 19.9 Å². The molecule has 2 rings (SSSR count). The molecule has 1 aromatic heterocycles. The van der Waals surface area contributed by atoms with Crippen molar-refractivity contribution in [1.29, 1.82) is 0 Å². The van der Waals surface area contributed by atoms with Gasteiger partial charge in [0.05, 0.1) is 0 Å². The van der Waals surface area contributed by atoms with Crippen LogP contribution in [0.25, 0.3) is 0 Å². The Hall–Kier alpha value is -0.540. The van der Waals surface area contributed by atoms with E-state index in [2.05, 4.69) is 30.2 Å². The van der Waals surface area contributed by atoms with Gasteiger partial charge in [-0.05, 0) is 25.5 Å². The molecule has 2 nitrogen and oxygen atoms in total. The van der Waals surface area contributed by atoms with Gasteiger partial charge in [-0.3, -0.25) is 0 Å². The molecular formula is C12H18N2S. The highest BCUT2D eigenvalue weighted by atomic mass is 32.2. The smallest absolute Gasteiger partial charge is 0.101 e. The molecule has 1 aliphatic rings. The van der Waals surface area contributed by atoms with Crippen molar-refractivity contribution in [3.63, 3.8) is 0 Å². The van der Waals surface area contributed by atoms with Crippen molar-refractivity contribution in [2.24, 2.45) is 0 Å². The van der Waals surface area contributed by atoms with Crippen molar-refractivity contribution in [3.05, 3.63) is 23.9 Å². The number of hydrogen-bond acceptors (Lipinski definition) is 3. The second kappa shape index (κ2) is 4.99. The van der Waals surface area contributed by atoms with Crippen LogP contribution in [0.2, 0.25) is 0 Å². The van der Waals surface area contributed by atoms with Gasteiger partial charge in [0.1, 0.15) is 5.03 Å². The minimum Gasteiger partial charge on any atom is -0.310 e. The van der Waals surface area contributed by atoms with Crippen molar-refractivity contribution in [1.82, 2.24) is 10.3 Å². The molecule has 1 fully saturated rings. The summed E-state index contributed by atoms with van der Waals surface area (Å²) in [5.41, 5.74) is 1.38. The van der Waals surface area contributed by atoms with Gasteiger partial charge >= 0.3 is 0 Å². The minimum atomic E-state index is 0.528. The number of nitrogens with zero attached hydrogens (tertiary/aromatic N) is 1. The standard InChI is InChI=1S/C12H18N2S/c1-9(2)15-12-10(5-3-8-14-12)11-6-4-7-13-11/h3,5,8-9,11,13H,4,6-7H2,1-2H3/t11-/m0/s1. The van der Waals surface area contributed by atoms with E-state index in [9.17, 15) is 0 Å². The van der Waals surface area contributed by atoms with E-state index in [0.717, 1.165) is 6.54 Å². The summed E-state index contributed by atoms with van der Waals surface area (Å²) in [6.45, 7) is 5.57. The Kier molecular flexibility index (Phi) is 3.65. The van der Waals surface area contributed by atoms with Crippen LogP contribution in [0.5, 0.6) is 0 Å². The maximum absolute atomic E-state index is 4.49. The summed E-state index contributed by atoms with van der Waals surface area (Å²) in [5.74, 6) is 0. The molecule has 2 heterocycles. The highest BCUT2D eigenvalue weighted by molar-refractivity contribution is 7.99. The van der Waals surface area contributed by atoms with Gasteiger partial charge in [-0.15, -0.1) is 11.8 Å². The van der Waals surface area contributed by atoms with E-state index >= 15 is 0 Å². The molecule has 0 amide bonds. The third kappa shape index (κ3) is 2.73. The average Bonchev–Trinajstić information content (AvgIpc) is 2.70. The zero-order chi connectivity index (χ0) is 10.7. The predicted molar refractivity (Wildman–Crippen MR) is 65.2 cm³/mol. The fraction of sp³-hybridized carbons (Fsp3) is 0.583. The molecule has 1 atom stereocenters. The lowest BCUT2D eigenvalue weighted by molar-refractivity contribution is 0.629. The third-order valence-corrected chi connectivity index (χ3v) is 3.62. The predicted octanol–water partition coefficient (Wildman–Crippen LogP) is 3.01. The first-order valence-electron chi connectivity index (χ1n) is 5.62. The lowest BCUT2D eigenvalue weighted by Crippen LogP contribution is -2.14. The molecule has 0 spiro atoms. The van der Waals surface area contributed by atoms with E-state index in [1.807, 2.05) is 24.0 Å². The quantitative estimate of drug-likeness (QED) is 0.796. The van der Waals surface area contributed by atoms with E-state index in [1.54, 1.807) is 0 Å². The summed E-state index contributed by atoms with van der Waals surface area (Å²) in [5, 5.41) is 5.33. The molecule has 1 aliphatic heterocycles. The van der Waals surface area contributed by atoms with Crippen molar-refractivity contribution in [2.45, 2.75) is 43.0 Å². The number of aromatic nitrogens is 1. The maximum Gasteiger partial charge on any atom is 0.101 e. The fourth-order valence-electron chi connectivity index (χ4n) is 1.94. The largest absolute Gasteiger partial charge is 0.310 e. The van der Waals surface area contributed by atoms with E-state index in [4.69, 9.17) is 0 Å². The van der Waals surface area contributed by atoms with Crippen LogP contribution >= 0.6 is 11.8 Å². The molecule has 15 heavy (non-hydrogen) atoms. The van der Waals surface area contributed by atoms with Gasteiger partial charge in [0, 0.05) is 23.1 Å². The summed E-state index contributed by atoms with van der Waals surface area (Å²) in [7, 11) is 0. The first-order valence-corrected chi connectivity index (χ1v) is 6.50. The molecule has 0 saturated carbocycles. The number of hydrogen-bond donors (Lipinski definition) is 1. The van der Waals surface area contributed by atoms with Gasteiger partial charge in [0.25, 0.3) is 0 Å². The van der Waals surface area contributed by atoms with Crippen molar-refractivity contribution < 1.29 is 0 Å². The first-order chi connectivity index (χ1) is 7.27. The number of nitrogens with one attached hydrogen (secondary N) is 1. The van der Waals surface area contributed by atoms with E-state index < -0.39 is 0 Å². The van der Waals surface area contributed by atoms with Gasteiger partial charge < -0.3 is 5.32 Å². The molecule has 3 heteroatoms. The van der Waals surface area contributed by atoms with E-state index in [-0.39, 0.29) is 0 Å². The van der Waals surface area contributed by atoms with Gasteiger partial charge in [-0.25, -0.2) is 4.98 Å². The summed E-state index contributed by atoms with van der Waals surface area (Å²) in [6, 6.07) is 4.78. The first kappa shape index (κ1) is 11.0. The molecule has 1 aromatic rings. The Bertz CT molecular complexity index is 319. The second-order valence-electron chi connectivity index (χ2n) is 4.21. The monoisotopic (exact) mass is 222 g/mol. The number of thioether (sulfide) groups is 1. The van der Waals surface area contributed by atoms with Gasteiger partial charge in [-0.2, -0.15) is 0 Å². The SMILES string of the molecule is CC(C)Sc1ncccc1[C@@H]1CCCN1. The lowest BCUT2D eigenvalue weighted by atomic mass is 10.1. The molecule has 0 radical (unpaired) electrons. The molecule has 0 aromatic carbocycles. The zero-order valence-electron chi connectivity index (χ0n) is 9.36. The number of rotatable bonds is 3. The van der Waals surface area contributed by atoms with E-state index in [1.165, 1.54) is 23.4 Å². The van der Waals surface area contributed by atoms with Crippen LogP contribution in [-0.2, 0) is 0 Å². The van der Waals surface area contributed by atoms with Crippen LogP contribution in [0, 0.1) is 0 Å². The Morgan fingerprint density at radius 1 is 1.53 bits per heavy atom. The van der Waals surface area contributed by atoms with Crippen molar-refractivity contribution in [2.75, 3.05) is 6.54 Å². The average molecular weight is 222 g/mol. The molecular weight excluding hydrogens is 204 g/mol. The summed E-state index contributed by atoms with van der Waals surface area (Å²) < 4.78 is 0. The molecule has 0 unspecified atom stereocenters. The molecule has 1 saturated heterocycles. The van der Waals surface area contributed by atoms with Gasteiger partial charge in [0.15, 0.2) is 0 Å². The van der Waals surface area contributed by atoms with Crippen LogP contribution in [0.4, 0.5) is 0 Å². The highest BCUT2D eigenvalue weighted by Crippen LogP contribution is 2.31. The van der Waals surface area contributed by atoms with E-state index in [0.29, 0.717) is 11.3 Å². The maximum atomic E-state index is 4.49. The fourth-order valence-corrected chi connectivity index (χ4v) is 2.85. The second-order valence-corrected chi connectivity index (χ2v) is 5.78. The Morgan fingerprint density at radius 2 is 2.40 bits per heavy atom. The Morgan fingerprint density at radius 3 is 3.07 bits per heavy atom. The van der Waals surface area contributed by atoms with Gasteiger partial charge in [0.2, 0.25) is 0 Å². The van der Waals surface area contributed by atoms with Crippen LogP contribution in [0.15, 0.2) is 23.4 Å². The Labute approximate surface area is 95.9 Å².